The SMILES string of the molecule is CN(Cc1ccc(/C=C/C(c2cc(Cl)cc(Cl)c2)C(F)(F)F)cc1F)C(=O)c1ccccc1C=O. The van der Waals surface area contributed by atoms with Gasteiger partial charge in [0.05, 0.1) is 11.5 Å². The van der Waals surface area contributed by atoms with Crippen molar-refractivity contribution in [1.82, 2.24) is 4.90 Å². The van der Waals surface area contributed by atoms with Crippen LogP contribution in [-0.4, -0.2) is 30.3 Å². The first-order valence-corrected chi connectivity index (χ1v) is 11.0. The Labute approximate surface area is 209 Å². The predicted octanol–water partition coefficient (Wildman–Crippen LogP) is 7.58. The molecule has 1 atom stereocenters. The Morgan fingerprint density at radius 2 is 1.69 bits per heavy atom. The molecule has 0 heterocycles. The number of aldehydes is 1. The molecule has 0 saturated heterocycles. The van der Waals surface area contributed by atoms with E-state index < -0.39 is 23.8 Å². The molecule has 0 bridgehead atoms. The Morgan fingerprint density at radius 1 is 1.03 bits per heavy atom. The monoisotopic (exact) mass is 523 g/mol. The van der Waals surface area contributed by atoms with Gasteiger partial charge in [0.25, 0.3) is 5.91 Å². The molecule has 0 aliphatic rings. The van der Waals surface area contributed by atoms with E-state index in [1.54, 1.807) is 12.1 Å². The highest BCUT2D eigenvalue weighted by Gasteiger charge is 2.39. The smallest absolute Gasteiger partial charge is 0.337 e. The van der Waals surface area contributed by atoms with Crippen molar-refractivity contribution in [3.8, 4) is 0 Å². The van der Waals surface area contributed by atoms with Crippen LogP contribution in [0.15, 0.2) is 66.7 Å². The molecule has 0 radical (unpaired) electrons. The van der Waals surface area contributed by atoms with Gasteiger partial charge in [-0.05, 0) is 41.5 Å². The quantitative estimate of drug-likeness (QED) is 0.236. The molecule has 1 amide bonds. The molecule has 3 aromatic carbocycles. The summed E-state index contributed by atoms with van der Waals surface area (Å²) >= 11 is 11.7. The van der Waals surface area contributed by atoms with Crippen molar-refractivity contribution in [2.75, 3.05) is 7.05 Å². The van der Waals surface area contributed by atoms with Crippen LogP contribution in [-0.2, 0) is 6.54 Å². The van der Waals surface area contributed by atoms with Crippen molar-refractivity contribution in [3.63, 3.8) is 0 Å². The van der Waals surface area contributed by atoms with Gasteiger partial charge < -0.3 is 4.90 Å². The largest absolute Gasteiger partial charge is 0.399 e. The second kappa shape index (κ2) is 11.1. The van der Waals surface area contributed by atoms with Gasteiger partial charge in [-0.3, -0.25) is 9.59 Å². The molecule has 0 fully saturated rings. The van der Waals surface area contributed by atoms with Crippen molar-refractivity contribution < 1.29 is 27.2 Å². The molecular weight excluding hydrogens is 505 g/mol. The normalized spacial score (nSPS) is 12.5. The maximum atomic E-state index is 14.7. The van der Waals surface area contributed by atoms with Crippen LogP contribution in [0.2, 0.25) is 10.0 Å². The molecule has 0 saturated carbocycles. The van der Waals surface area contributed by atoms with E-state index in [4.69, 9.17) is 23.2 Å². The van der Waals surface area contributed by atoms with Gasteiger partial charge in [0.2, 0.25) is 0 Å². The van der Waals surface area contributed by atoms with Crippen LogP contribution in [0.1, 0.15) is 43.3 Å². The third kappa shape index (κ3) is 6.71. The molecule has 35 heavy (non-hydrogen) atoms. The molecule has 3 nitrogen and oxygen atoms in total. The third-order valence-corrected chi connectivity index (χ3v) is 5.66. The highest BCUT2D eigenvalue weighted by Crippen LogP contribution is 2.38. The maximum Gasteiger partial charge on any atom is 0.399 e. The maximum absolute atomic E-state index is 14.7. The van der Waals surface area contributed by atoms with Gasteiger partial charge in [-0.15, -0.1) is 0 Å². The van der Waals surface area contributed by atoms with Crippen LogP contribution in [0, 0.1) is 5.82 Å². The summed E-state index contributed by atoms with van der Waals surface area (Å²) in [5.74, 6) is -3.16. The number of hydrogen-bond acceptors (Lipinski definition) is 2. The number of rotatable bonds is 7. The molecular formula is C26H19Cl2F4NO2. The van der Waals surface area contributed by atoms with Crippen molar-refractivity contribution >= 4 is 41.5 Å². The molecule has 1 unspecified atom stereocenters. The molecule has 0 aliphatic heterocycles. The first kappa shape index (κ1) is 26.4. The number of allylic oxidation sites excluding steroid dienone is 1. The molecule has 3 rings (SSSR count). The number of benzene rings is 3. The first-order valence-electron chi connectivity index (χ1n) is 10.3. The van der Waals surface area contributed by atoms with Crippen molar-refractivity contribution in [1.29, 1.82) is 0 Å². The van der Waals surface area contributed by atoms with Crippen molar-refractivity contribution in [3.05, 3.63) is 110 Å². The fourth-order valence-electron chi connectivity index (χ4n) is 3.49. The summed E-state index contributed by atoms with van der Waals surface area (Å²) in [6.45, 7) is -0.103. The number of carbonyl (C=O) groups is 2. The van der Waals surface area contributed by atoms with Crippen LogP contribution in [0.5, 0.6) is 0 Å². The molecule has 0 aromatic heterocycles. The Balaban J connectivity index is 1.80. The average molecular weight is 524 g/mol. The zero-order valence-corrected chi connectivity index (χ0v) is 19.8. The summed E-state index contributed by atoms with van der Waals surface area (Å²) in [6, 6.07) is 13.8. The van der Waals surface area contributed by atoms with Crippen molar-refractivity contribution in [2.45, 2.75) is 18.6 Å². The highest BCUT2D eigenvalue weighted by molar-refractivity contribution is 6.34. The van der Waals surface area contributed by atoms with E-state index in [-0.39, 0.29) is 44.4 Å². The lowest BCUT2D eigenvalue weighted by Crippen LogP contribution is -2.27. The van der Waals surface area contributed by atoms with Gasteiger partial charge in [-0.1, -0.05) is 65.7 Å². The lowest BCUT2D eigenvalue weighted by Gasteiger charge is -2.19. The summed E-state index contributed by atoms with van der Waals surface area (Å²) in [7, 11) is 1.46. The minimum absolute atomic E-state index is 0.0694. The fraction of sp³-hybridized carbons (Fsp3) is 0.154. The minimum Gasteiger partial charge on any atom is -0.337 e. The topological polar surface area (TPSA) is 37.4 Å². The average Bonchev–Trinajstić information content (AvgIpc) is 2.78. The van der Waals surface area contributed by atoms with Gasteiger partial charge in [0.1, 0.15) is 5.82 Å². The number of alkyl halides is 3. The van der Waals surface area contributed by atoms with E-state index in [2.05, 4.69) is 0 Å². The number of carbonyl (C=O) groups excluding carboxylic acids is 2. The highest BCUT2D eigenvalue weighted by atomic mass is 35.5. The molecule has 9 heteroatoms. The summed E-state index contributed by atoms with van der Waals surface area (Å²) in [6.07, 6.45) is -1.99. The Bertz CT molecular complexity index is 1250. The summed E-state index contributed by atoms with van der Waals surface area (Å²) in [4.78, 5) is 25.1. The first-order chi connectivity index (χ1) is 16.5. The number of hydrogen-bond donors (Lipinski definition) is 0. The minimum atomic E-state index is -4.62. The van der Waals surface area contributed by atoms with Gasteiger partial charge >= 0.3 is 6.18 Å². The van der Waals surface area contributed by atoms with E-state index >= 15 is 0 Å². The number of halogens is 6. The summed E-state index contributed by atoms with van der Waals surface area (Å²) in [5.41, 5.74) is 0.623. The Kier molecular flexibility index (Phi) is 8.35. The standard InChI is InChI=1S/C26H19Cl2F4NO2/c1-33(25(35)22-5-3-2-4-18(22)15-34)14-17-8-6-16(10-24(17)29)7-9-23(26(30,31)32)19-11-20(27)13-21(28)12-19/h2-13,15,23H,14H2,1H3/b9-7+. The summed E-state index contributed by atoms with van der Waals surface area (Å²) < 4.78 is 55.7. The molecule has 0 aliphatic carbocycles. The van der Waals surface area contributed by atoms with Crippen LogP contribution >= 0.6 is 23.2 Å². The van der Waals surface area contributed by atoms with Gasteiger partial charge in [0.15, 0.2) is 6.29 Å². The molecule has 3 aromatic rings. The second-order valence-corrected chi connectivity index (χ2v) is 8.67. The van der Waals surface area contributed by atoms with Gasteiger partial charge in [0, 0.05) is 34.8 Å². The van der Waals surface area contributed by atoms with E-state index in [1.165, 1.54) is 54.4 Å². The van der Waals surface area contributed by atoms with E-state index in [9.17, 15) is 27.2 Å². The van der Waals surface area contributed by atoms with E-state index in [0.717, 1.165) is 18.2 Å². The molecule has 0 spiro atoms. The number of nitrogens with zero attached hydrogens (tertiary/aromatic N) is 1. The van der Waals surface area contributed by atoms with Crippen molar-refractivity contribution in [2.24, 2.45) is 0 Å². The molecule has 182 valence electrons. The van der Waals surface area contributed by atoms with E-state index in [1.807, 2.05) is 0 Å². The number of amides is 1. The lowest BCUT2D eigenvalue weighted by atomic mass is 9.97. The van der Waals surface area contributed by atoms with Crippen LogP contribution < -0.4 is 0 Å². The van der Waals surface area contributed by atoms with E-state index in [0.29, 0.717) is 6.29 Å². The fourth-order valence-corrected chi connectivity index (χ4v) is 4.04. The Morgan fingerprint density at radius 3 is 2.29 bits per heavy atom. The zero-order valence-electron chi connectivity index (χ0n) is 18.3. The predicted molar refractivity (Wildman–Crippen MR) is 128 cm³/mol. The third-order valence-electron chi connectivity index (χ3n) is 5.23. The van der Waals surface area contributed by atoms with Crippen LogP contribution in [0.4, 0.5) is 17.6 Å². The van der Waals surface area contributed by atoms with Gasteiger partial charge in [-0.25, -0.2) is 4.39 Å². The Hall–Kier alpha value is -3.16. The lowest BCUT2D eigenvalue weighted by molar-refractivity contribution is -0.139. The van der Waals surface area contributed by atoms with Gasteiger partial charge in [-0.2, -0.15) is 13.2 Å². The van der Waals surface area contributed by atoms with Crippen LogP contribution in [0.3, 0.4) is 0 Å². The van der Waals surface area contributed by atoms with Crippen LogP contribution in [0.25, 0.3) is 6.08 Å². The summed E-state index contributed by atoms with van der Waals surface area (Å²) in [5, 5.41) is 0.139. The zero-order chi connectivity index (χ0) is 25.8. The molecule has 0 N–H and O–H groups in total. The second-order valence-electron chi connectivity index (χ2n) is 7.80.